The molecule has 1 atom stereocenters. The third kappa shape index (κ3) is 3.41. The fourth-order valence-electron chi connectivity index (χ4n) is 2.44. The van der Waals surface area contributed by atoms with Crippen molar-refractivity contribution in [2.24, 2.45) is 0 Å². The first-order chi connectivity index (χ1) is 10.7. The number of benzene rings is 1. The zero-order valence-electron chi connectivity index (χ0n) is 13.0. The highest BCUT2D eigenvalue weighted by atomic mass is 32.2. The van der Waals surface area contributed by atoms with Crippen LogP contribution in [0.3, 0.4) is 0 Å². The largest absolute Gasteiger partial charge is 0.307 e. The molecule has 9 heteroatoms. The standard InChI is InChI=1S/C14H20N2O5S2/c1-3-4-10-13-14(17)16(23(20,21)15(13)2)11-22(18,19)12-8-6-5-7-9-12/h5-9,13H,3-4,10-11H2,1-2H3. The predicted molar refractivity (Wildman–Crippen MR) is 85.3 cm³/mol. The smallest absolute Gasteiger partial charge is 0.272 e. The number of likely N-dealkylation sites (N-methyl/N-ethyl adjacent to an activating group) is 1. The van der Waals surface area contributed by atoms with E-state index >= 15 is 0 Å². The van der Waals surface area contributed by atoms with Crippen molar-refractivity contribution < 1.29 is 21.6 Å². The van der Waals surface area contributed by atoms with Gasteiger partial charge in [0.1, 0.15) is 11.9 Å². The Kier molecular flexibility index (Phi) is 5.12. The molecule has 1 aliphatic heterocycles. The number of unbranched alkanes of at least 4 members (excludes halogenated alkanes) is 1. The molecule has 7 nitrogen and oxygen atoms in total. The fourth-order valence-corrected chi connectivity index (χ4v) is 5.72. The summed E-state index contributed by atoms with van der Waals surface area (Å²) in [6, 6.07) is 6.67. The molecule has 1 saturated heterocycles. The van der Waals surface area contributed by atoms with Gasteiger partial charge in [-0.2, -0.15) is 12.7 Å². The number of hydrogen-bond acceptors (Lipinski definition) is 5. The van der Waals surface area contributed by atoms with Crippen LogP contribution >= 0.6 is 0 Å². The SMILES string of the molecule is CCCCC1C(=O)N(CS(=O)(=O)c2ccccc2)S(=O)(=O)N1C. The summed E-state index contributed by atoms with van der Waals surface area (Å²) in [7, 11) is -6.71. The van der Waals surface area contributed by atoms with E-state index in [1.54, 1.807) is 18.2 Å². The van der Waals surface area contributed by atoms with Gasteiger partial charge in [-0.25, -0.2) is 12.7 Å². The molecule has 1 unspecified atom stereocenters. The molecule has 0 bridgehead atoms. The summed E-state index contributed by atoms with van der Waals surface area (Å²) in [5, 5.41) is 0. The van der Waals surface area contributed by atoms with Crippen LogP contribution in [0, 0.1) is 0 Å². The van der Waals surface area contributed by atoms with Crippen molar-refractivity contribution in [2.45, 2.75) is 37.1 Å². The van der Waals surface area contributed by atoms with E-state index in [1.807, 2.05) is 6.92 Å². The summed E-state index contributed by atoms with van der Waals surface area (Å²) in [6.45, 7) is 1.94. The normalized spacial score (nSPS) is 21.7. The molecular formula is C14H20N2O5S2. The van der Waals surface area contributed by atoms with Crippen LogP contribution in [-0.4, -0.2) is 50.3 Å². The van der Waals surface area contributed by atoms with Crippen LogP contribution in [0.25, 0.3) is 0 Å². The number of amides is 1. The van der Waals surface area contributed by atoms with Crippen molar-refractivity contribution in [3.8, 4) is 0 Å². The van der Waals surface area contributed by atoms with Gasteiger partial charge in [-0.15, -0.1) is 0 Å². The highest BCUT2D eigenvalue weighted by molar-refractivity contribution is 7.93. The highest BCUT2D eigenvalue weighted by Crippen LogP contribution is 2.27. The summed E-state index contributed by atoms with van der Waals surface area (Å²) < 4.78 is 50.9. The first-order valence-electron chi connectivity index (χ1n) is 7.29. The predicted octanol–water partition coefficient (Wildman–Crippen LogP) is 0.995. The zero-order valence-corrected chi connectivity index (χ0v) is 14.7. The third-order valence-electron chi connectivity index (χ3n) is 3.83. The van der Waals surface area contributed by atoms with E-state index in [-0.39, 0.29) is 4.90 Å². The second kappa shape index (κ2) is 6.58. The minimum absolute atomic E-state index is 0.0114. The lowest BCUT2D eigenvalue weighted by Gasteiger charge is -2.16. The summed E-state index contributed by atoms with van der Waals surface area (Å²) in [6.07, 6.45) is 1.89. The quantitative estimate of drug-likeness (QED) is 0.754. The summed E-state index contributed by atoms with van der Waals surface area (Å²) in [4.78, 5) is 12.4. The van der Waals surface area contributed by atoms with Crippen molar-refractivity contribution in [3.05, 3.63) is 30.3 Å². The van der Waals surface area contributed by atoms with Crippen LogP contribution in [0.5, 0.6) is 0 Å². The fraction of sp³-hybridized carbons (Fsp3) is 0.500. The second-order valence-corrected chi connectivity index (χ2v) is 9.30. The minimum Gasteiger partial charge on any atom is -0.272 e. The molecule has 0 spiro atoms. The Morgan fingerprint density at radius 3 is 2.35 bits per heavy atom. The number of sulfone groups is 1. The van der Waals surface area contributed by atoms with Crippen molar-refractivity contribution >= 4 is 26.0 Å². The molecule has 23 heavy (non-hydrogen) atoms. The van der Waals surface area contributed by atoms with E-state index in [0.717, 1.165) is 10.7 Å². The van der Waals surface area contributed by atoms with E-state index < -0.39 is 37.9 Å². The molecule has 1 amide bonds. The summed E-state index contributed by atoms with van der Waals surface area (Å²) in [5.41, 5.74) is 0. The molecule has 0 aliphatic carbocycles. The van der Waals surface area contributed by atoms with Gasteiger partial charge in [0, 0.05) is 7.05 Å². The average molecular weight is 360 g/mol. The minimum atomic E-state index is -4.10. The topological polar surface area (TPSA) is 91.8 Å². The Hall–Kier alpha value is -1.45. The lowest BCUT2D eigenvalue weighted by molar-refractivity contribution is -0.127. The third-order valence-corrected chi connectivity index (χ3v) is 7.43. The number of carbonyl (C=O) groups is 1. The van der Waals surface area contributed by atoms with Gasteiger partial charge in [0.25, 0.3) is 5.91 Å². The Labute approximate surface area is 137 Å². The van der Waals surface area contributed by atoms with Gasteiger partial charge in [0.05, 0.1) is 4.90 Å². The van der Waals surface area contributed by atoms with Crippen LogP contribution in [0.1, 0.15) is 26.2 Å². The Morgan fingerprint density at radius 2 is 1.78 bits per heavy atom. The van der Waals surface area contributed by atoms with Gasteiger partial charge in [-0.3, -0.25) is 4.79 Å². The number of carbonyl (C=O) groups excluding carboxylic acids is 1. The Morgan fingerprint density at radius 1 is 1.17 bits per heavy atom. The van der Waals surface area contributed by atoms with Crippen LogP contribution in [0.15, 0.2) is 35.2 Å². The number of hydrogen-bond donors (Lipinski definition) is 0. The van der Waals surface area contributed by atoms with E-state index in [1.165, 1.54) is 19.2 Å². The molecule has 0 N–H and O–H groups in total. The van der Waals surface area contributed by atoms with Gasteiger partial charge in [-0.1, -0.05) is 38.0 Å². The maximum atomic E-state index is 12.4. The molecule has 0 radical (unpaired) electrons. The van der Waals surface area contributed by atoms with Gasteiger partial charge in [0.2, 0.25) is 0 Å². The van der Waals surface area contributed by atoms with Crippen molar-refractivity contribution in [1.82, 2.24) is 8.61 Å². The van der Waals surface area contributed by atoms with Crippen LogP contribution in [0.4, 0.5) is 0 Å². The summed E-state index contributed by atoms with van der Waals surface area (Å²) >= 11 is 0. The molecule has 1 fully saturated rings. The molecule has 128 valence electrons. The van der Waals surface area contributed by atoms with Crippen molar-refractivity contribution in [1.29, 1.82) is 0 Å². The summed E-state index contributed by atoms with van der Waals surface area (Å²) in [5.74, 6) is -1.55. The van der Waals surface area contributed by atoms with E-state index in [4.69, 9.17) is 0 Å². The molecule has 1 aromatic rings. The average Bonchev–Trinajstić information content (AvgIpc) is 2.67. The lowest BCUT2D eigenvalue weighted by Crippen LogP contribution is -2.37. The highest BCUT2D eigenvalue weighted by Gasteiger charge is 2.49. The maximum Gasteiger partial charge on any atom is 0.307 e. The lowest BCUT2D eigenvalue weighted by atomic mass is 10.1. The van der Waals surface area contributed by atoms with Crippen molar-refractivity contribution in [2.75, 3.05) is 12.9 Å². The molecular weight excluding hydrogens is 340 g/mol. The van der Waals surface area contributed by atoms with Crippen LogP contribution in [0.2, 0.25) is 0 Å². The molecule has 1 heterocycles. The number of nitrogens with zero attached hydrogens (tertiary/aromatic N) is 2. The van der Waals surface area contributed by atoms with Crippen LogP contribution in [-0.2, 0) is 24.8 Å². The van der Waals surface area contributed by atoms with Crippen molar-refractivity contribution in [3.63, 3.8) is 0 Å². The zero-order chi connectivity index (χ0) is 17.3. The maximum absolute atomic E-state index is 12.4. The molecule has 1 aromatic carbocycles. The second-order valence-electron chi connectivity index (χ2n) is 5.43. The van der Waals surface area contributed by atoms with Gasteiger partial charge in [0.15, 0.2) is 9.84 Å². The Balaban J connectivity index is 2.30. The Bertz CT molecular complexity index is 775. The molecule has 2 rings (SSSR count). The monoisotopic (exact) mass is 360 g/mol. The van der Waals surface area contributed by atoms with Gasteiger partial charge >= 0.3 is 10.2 Å². The van der Waals surface area contributed by atoms with E-state index in [2.05, 4.69) is 0 Å². The number of rotatable bonds is 6. The van der Waals surface area contributed by atoms with E-state index in [9.17, 15) is 21.6 Å². The molecule has 0 aromatic heterocycles. The van der Waals surface area contributed by atoms with Gasteiger partial charge in [-0.05, 0) is 18.6 Å². The van der Waals surface area contributed by atoms with Crippen LogP contribution < -0.4 is 0 Å². The first-order valence-corrected chi connectivity index (χ1v) is 10.3. The first kappa shape index (κ1) is 17.9. The molecule has 1 aliphatic rings. The van der Waals surface area contributed by atoms with Gasteiger partial charge < -0.3 is 0 Å². The molecule has 0 saturated carbocycles. The van der Waals surface area contributed by atoms with E-state index in [0.29, 0.717) is 17.1 Å².